The highest BCUT2D eigenvalue weighted by atomic mass is 32.1. The van der Waals surface area contributed by atoms with Gasteiger partial charge in [-0.05, 0) is 67.3 Å². The highest BCUT2D eigenvalue weighted by Crippen LogP contribution is 2.69. The summed E-state index contributed by atoms with van der Waals surface area (Å²) in [5.74, 6) is 1.94. The third-order valence-corrected chi connectivity index (χ3v) is 13.4. The molecule has 4 heteroatoms. The second-order valence-corrected chi connectivity index (χ2v) is 16.5. The average molecular weight is 782 g/mol. The number of thiophene rings is 1. The monoisotopic (exact) mass is 781 g/mol. The minimum absolute atomic E-state index is 0.576. The summed E-state index contributed by atoms with van der Waals surface area (Å²) < 4.78 is 0. The van der Waals surface area contributed by atoms with Crippen LogP contribution in [0.25, 0.3) is 88.4 Å². The maximum absolute atomic E-state index is 5.13. The zero-order valence-corrected chi connectivity index (χ0v) is 33.3. The first-order valence-corrected chi connectivity index (χ1v) is 21.2. The first kappa shape index (κ1) is 34.5. The molecule has 0 N–H and O–H groups in total. The molecule has 12 rings (SSSR count). The summed E-state index contributed by atoms with van der Waals surface area (Å²) in [5, 5.41) is 0. The summed E-state index contributed by atoms with van der Waals surface area (Å²) in [6.45, 7) is 0. The molecule has 1 atom stereocenters. The maximum Gasteiger partial charge on any atom is 0.164 e. The van der Waals surface area contributed by atoms with Crippen LogP contribution in [0, 0.1) is 0 Å². The molecule has 2 aliphatic carbocycles. The number of hydrogen-bond acceptors (Lipinski definition) is 4. The molecule has 0 fully saturated rings. The Bertz CT molecular complexity index is 3190. The van der Waals surface area contributed by atoms with Crippen molar-refractivity contribution in [1.82, 2.24) is 15.0 Å². The smallest absolute Gasteiger partial charge is 0.164 e. The molecule has 1 unspecified atom stereocenters. The molecule has 0 saturated carbocycles. The Labute approximate surface area is 353 Å². The van der Waals surface area contributed by atoms with Gasteiger partial charge in [0, 0.05) is 32.0 Å². The van der Waals surface area contributed by atoms with Gasteiger partial charge in [-0.3, -0.25) is 0 Å². The van der Waals surface area contributed by atoms with Crippen molar-refractivity contribution in [3.63, 3.8) is 0 Å². The molecule has 0 aliphatic heterocycles. The summed E-state index contributed by atoms with van der Waals surface area (Å²) in [7, 11) is 0. The van der Waals surface area contributed by atoms with Gasteiger partial charge in [-0.15, -0.1) is 11.3 Å². The molecule has 2 heterocycles. The van der Waals surface area contributed by atoms with Crippen LogP contribution in [0.15, 0.2) is 212 Å². The molecular weight excluding hydrogens is 747 g/mol. The Balaban J connectivity index is 1.13. The number of hydrogen-bond donors (Lipinski definition) is 0. The van der Waals surface area contributed by atoms with Gasteiger partial charge >= 0.3 is 0 Å². The van der Waals surface area contributed by atoms with E-state index in [-0.39, 0.29) is 0 Å². The topological polar surface area (TPSA) is 38.7 Å². The van der Waals surface area contributed by atoms with E-state index in [9.17, 15) is 0 Å². The standard InChI is InChI=1S/C56H35N3S/c1-5-19-36(20-6-1)51-48-45-30-14-16-34-47(45)56(50(48)52(60-51)37-21-7-2-8-22-37)46-33-15-13-29-43(46)44-32-18-31-42(49(44)56)40-27-17-28-41(35-40)55-58-53(38-23-9-3-10-24-38)57-54(59-55)39-25-11-4-12-26-39/h1-35H. The Morgan fingerprint density at radius 2 is 0.717 bits per heavy atom. The lowest BCUT2D eigenvalue weighted by Gasteiger charge is -2.33. The predicted octanol–water partition coefficient (Wildman–Crippen LogP) is 14.3. The average Bonchev–Trinajstić information content (AvgIpc) is 3.97. The van der Waals surface area contributed by atoms with Crippen molar-refractivity contribution >= 4 is 11.3 Å². The van der Waals surface area contributed by atoms with Crippen LogP contribution >= 0.6 is 11.3 Å². The van der Waals surface area contributed by atoms with E-state index in [0.717, 1.165) is 22.3 Å². The van der Waals surface area contributed by atoms with Crippen molar-refractivity contribution in [2.75, 3.05) is 0 Å². The van der Waals surface area contributed by atoms with Gasteiger partial charge in [0.1, 0.15) is 0 Å². The Hall–Kier alpha value is -7.53. The van der Waals surface area contributed by atoms with Crippen molar-refractivity contribution in [2.45, 2.75) is 5.41 Å². The number of nitrogens with zero attached hydrogens (tertiary/aromatic N) is 3. The second kappa shape index (κ2) is 13.8. The van der Waals surface area contributed by atoms with E-state index in [4.69, 9.17) is 15.0 Å². The molecule has 8 aromatic carbocycles. The van der Waals surface area contributed by atoms with Crippen molar-refractivity contribution in [3.8, 4) is 88.4 Å². The third kappa shape index (κ3) is 5.18. The highest BCUT2D eigenvalue weighted by molar-refractivity contribution is 7.19. The van der Waals surface area contributed by atoms with Gasteiger partial charge in [-0.25, -0.2) is 15.0 Å². The van der Waals surface area contributed by atoms with E-state index < -0.39 is 5.41 Å². The zero-order valence-electron chi connectivity index (χ0n) is 32.5. The first-order chi connectivity index (χ1) is 29.8. The minimum Gasteiger partial charge on any atom is -0.208 e. The Morgan fingerprint density at radius 3 is 1.33 bits per heavy atom. The van der Waals surface area contributed by atoms with Crippen molar-refractivity contribution < 1.29 is 0 Å². The summed E-state index contributed by atoms with van der Waals surface area (Å²) in [5.41, 5.74) is 17.5. The fourth-order valence-corrected chi connectivity index (χ4v) is 11.1. The molecule has 1 spiro atoms. The van der Waals surface area contributed by atoms with E-state index >= 15 is 0 Å². The molecule has 0 saturated heterocycles. The van der Waals surface area contributed by atoms with Crippen LogP contribution < -0.4 is 0 Å². The number of fused-ring (bicyclic) bond motifs is 10. The summed E-state index contributed by atoms with van der Waals surface area (Å²) in [6, 6.07) is 76.2. The lowest BCUT2D eigenvalue weighted by atomic mass is 9.68. The van der Waals surface area contributed by atoms with Gasteiger partial charge in [0.15, 0.2) is 17.5 Å². The molecule has 3 nitrogen and oxygen atoms in total. The molecule has 0 radical (unpaired) electrons. The van der Waals surface area contributed by atoms with Crippen molar-refractivity contribution in [3.05, 3.63) is 235 Å². The summed E-state index contributed by atoms with van der Waals surface area (Å²) in [6.07, 6.45) is 0. The normalized spacial score (nSPS) is 14.4. The Morgan fingerprint density at radius 1 is 0.300 bits per heavy atom. The lowest BCUT2D eigenvalue weighted by molar-refractivity contribution is 0.800. The predicted molar refractivity (Wildman–Crippen MR) is 247 cm³/mol. The Kier molecular flexibility index (Phi) is 7.94. The molecule has 2 aromatic heterocycles. The summed E-state index contributed by atoms with van der Waals surface area (Å²) in [4.78, 5) is 17.8. The molecule has 2 aliphatic rings. The van der Waals surface area contributed by atoms with E-state index in [0.29, 0.717) is 17.5 Å². The second-order valence-electron chi connectivity index (χ2n) is 15.4. The fraction of sp³-hybridized carbons (Fsp3) is 0.0179. The van der Waals surface area contributed by atoms with Crippen molar-refractivity contribution in [1.29, 1.82) is 0 Å². The van der Waals surface area contributed by atoms with Crippen LogP contribution in [0.2, 0.25) is 0 Å². The van der Waals surface area contributed by atoms with E-state index in [1.165, 1.54) is 71.0 Å². The largest absolute Gasteiger partial charge is 0.208 e. The van der Waals surface area contributed by atoms with E-state index in [1.807, 2.05) is 47.7 Å². The van der Waals surface area contributed by atoms with Crippen LogP contribution in [0.5, 0.6) is 0 Å². The molecular formula is C56H35N3S. The zero-order chi connectivity index (χ0) is 39.6. The van der Waals surface area contributed by atoms with Gasteiger partial charge in [-0.2, -0.15) is 0 Å². The first-order valence-electron chi connectivity index (χ1n) is 20.4. The van der Waals surface area contributed by atoms with Crippen molar-refractivity contribution in [2.24, 2.45) is 0 Å². The van der Waals surface area contributed by atoms with Gasteiger partial charge in [-0.1, -0.05) is 206 Å². The number of rotatable bonds is 6. The van der Waals surface area contributed by atoms with Crippen LogP contribution in [0.1, 0.15) is 22.3 Å². The van der Waals surface area contributed by atoms with Gasteiger partial charge in [0.05, 0.1) is 5.41 Å². The van der Waals surface area contributed by atoms with Crippen LogP contribution in [0.3, 0.4) is 0 Å². The molecule has 0 bridgehead atoms. The number of benzene rings is 8. The molecule has 0 amide bonds. The van der Waals surface area contributed by atoms with Crippen LogP contribution in [-0.2, 0) is 5.41 Å². The maximum atomic E-state index is 5.13. The van der Waals surface area contributed by atoms with Gasteiger partial charge in [0.25, 0.3) is 0 Å². The van der Waals surface area contributed by atoms with Gasteiger partial charge < -0.3 is 0 Å². The molecule has 280 valence electrons. The number of aromatic nitrogens is 3. The fourth-order valence-electron chi connectivity index (χ4n) is 9.70. The van der Waals surface area contributed by atoms with E-state index in [1.54, 1.807) is 0 Å². The highest BCUT2D eigenvalue weighted by Gasteiger charge is 2.55. The van der Waals surface area contributed by atoms with Gasteiger partial charge in [0.2, 0.25) is 0 Å². The van der Waals surface area contributed by atoms with Crippen LogP contribution in [0.4, 0.5) is 0 Å². The lowest BCUT2D eigenvalue weighted by Crippen LogP contribution is -2.27. The molecule has 60 heavy (non-hydrogen) atoms. The third-order valence-electron chi connectivity index (χ3n) is 12.1. The summed E-state index contributed by atoms with van der Waals surface area (Å²) >= 11 is 1.92. The van der Waals surface area contributed by atoms with Crippen LogP contribution in [-0.4, -0.2) is 15.0 Å². The quantitative estimate of drug-likeness (QED) is 0.169. The van der Waals surface area contributed by atoms with E-state index in [2.05, 4.69) is 176 Å². The minimum atomic E-state index is -0.576. The SMILES string of the molecule is c1ccc(-c2nc(-c3ccccc3)nc(-c3cccc(-c4cccc5c4C4(c6ccccc6-5)c5ccccc5-c5c(-c6ccccc6)sc(-c6ccccc6)c54)c3)n2)cc1. The molecule has 10 aromatic rings.